The van der Waals surface area contributed by atoms with Crippen LogP contribution in [0.15, 0.2) is 12.1 Å². The first-order valence-electron chi connectivity index (χ1n) is 6.67. The highest BCUT2D eigenvalue weighted by Gasteiger charge is 2.19. The number of carbonyl (C=O) groups is 1. The molecule has 0 heterocycles. The van der Waals surface area contributed by atoms with Crippen LogP contribution < -0.4 is 10.5 Å². The average Bonchev–Trinajstić information content (AvgIpc) is 2.45. The second-order valence-electron chi connectivity index (χ2n) is 4.97. The largest absolute Gasteiger partial charge is 0.496 e. The van der Waals surface area contributed by atoms with Crippen molar-refractivity contribution in [3.63, 3.8) is 0 Å². The van der Waals surface area contributed by atoms with Gasteiger partial charge in [0.05, 0.1) is 14.2 Å². The number of esters is 1. The number of hydrogen-bond donors (Lipinski definition) is 1. The lowest BCUT2D eigenvalue weighted by atomic mass is 9.88. The molecule has 0 saturated heterocycles. The van der Waals surface area contributed by atoms with E-state index in [4.69, 9.17) is 10.5 Å². The van der Waals surface area contributed by atoms with E-state index < -0.39 is 6.04 Å². The predicted octanol–water partition coefficient (Wildman–Crippen LogP) is 1.62. The summed E-state index contributed by atoms with van der Waals surface area (Å²) in [4.78, 5) is 11.4. The van der Waals surface area contributed by atoms with Gasteiger partial charge in [-0.2, -0.15) is 0 Å². The number of methoxy groups -OCH3 is 2. The molecule has 19 heavy (non-hydrogen) atoms. The molecule has 4 nitrogen and oxygen atoms in total. The summed E-state index contributed by atoms with van der Waals surface area (Å²) in [5.74, 6) is 0.430. The summed E-state index contributed by atoms with van der Waals surface area (Å²) in [6, 6.07) is 3.59. The van der Waals surface area contributed by atoms with Gasteiger partial charge in [-0.15, -0.1) is 0 Å². The van der Waals surface area contributed by atoms with Crippen LogP contribution in [0.5, 0.6) is 5.75 Å². The van der Waals surface area contributed by atoms with Gasteiger partial charge in [-0.1, -0.05) is 6.07 Å². The van der Waals surface area contributed by atoms with Crippen molar-refractivity contribution in [3.8, 4) is 5.75 Å². The van der Waals surface area contributed by atoms with Gasteiger partial charge in [0.2, 0.25) is 0 Å². The molecule has 0 amide bonds. The van der Waals surface area contributed by atoms with E-state index in [2.05, 4.69) is 16.9 Å². The smallest absolute Gasteiger partial charge is 0.322 e. The Balaban J connectivity index is 2.26. The fraction of sp³-hybridized carbons (Fsp3) is 0.533. The highest BCUT2D eigenvalue weighted by atomic mass is 16.5. The minimum Gasteiger partial charge on any atom is -0.496 e. The minimum atomic E-state index is -0.638. The molecular formula is C15H21NO3. The maximum absolute atomic E-state index is 11.4. The molecule has 2 rings (SSSR count). The summed E-state index contributed by atoms with van der Waals surface area (Å²) >= 11 is 0. The Labute approximate surface area is 113 Å². The molecule has 1 aromatic rings. The second-order valence-corrected chi connectivity index (χ2v) is 4.97. The first-order valence-corrected chi connectivity index (χ1v) is 6.67. The van der Waals surface area contributed by atoms with Crippen LogP contribution in [-0.2, 0) is 28.8 Å². The Morgan fingerprint density at radius 3 is 2.47 bits per heavy atom. The summed E-state index contributed by atoms with van der Waals surface area (Å²) in [7, 11) is 3.00. The molecule has 0 fully saturated rings. The molecule has 0 spiro atoms. The van der Waals surface area contributed by atoms with E-state index in [0.717, 1.165) is 24.2 Å². The fourth-order valence-electron chi connectivity index (χ4n) is 2.64. The summed E-state index contributed by atoms with van der Waals surface area (Å²) in [6.07, 6.45) is 5.11. The SMILES string of the molecule is COC(=O)C(N)Cc1cc2c(cc1OC)CCCC2. The lowest BCUT2D eigenvalue weighted by Crippen LogP contribution is -2.33. The Morgan fingerprint density at radius 1 is 1.26 bits per heavy atom. The third-order valence-corrected chi connectivity index (χ3v) is 3.69. The van der Waals surface area contributed by atoms with E-state index in [1.807, 2.05) is 0 Å². The van der Waals surface area contributed by atoms with Crippen molar-refractivity contribution in [3.05, 3.63) is 28.8 Å². The van der Waals surface area contributed by atoms with Crippen LogP contribution in [0.2, 0.25) is 0 Å². The quantitative estimate of drug-likeness (QED) is 0.838. The molecule has 1 aromatic carbocycles. The van der Waals surface area contributed by atoms with Crippen LogP contribution in [0.4, 0.5) is 0 Å². The van der Waals surface area contributed by atoms with Crippen LogP contribution in [0.1, 0.15) is 29.5 Å². The zero-order valence-electron chi connectivity index (χ0n) is 11.6. The number of ether oxygens (including phenoxy) is 2. The van der Waals surface area contributed by atoms with E-state index in [1.54, 1.807) is 7.11 Å². The molecule has 0 aliphatic heterocycles. The van der Waals surface area contributed by atoms with E-state index >= 15 is 0 Å². The third kappa shape index (κ3) is 3.07. The Bertz CT molecular complexity index is 471. The number of rotatable bonds is 4. The van der Waals surface area contributed by atoms with Gasteiger partial charge in [0, 0.05) is 6.42 Å². The fourth-order valence-corrected chi connectivity index (χ4v) is 2.64. The second kappa shape index (κ2) is 6.06. The van der Waals surface area contributed by atoms with Gasteiger partial charge in [0.25, 0.3) is 0 Å². The standard InChI is InChI=1S/C15H21NO3/c1-18-14-9-11-6-4-3-5-10(11)7-12(14)8-13(16)15(17)19-2/h7,9,13H,3-6,8,16H2,1-2H3. The van der Waals surface area contributed by atoms with Crippen LogP contribution in [0, 0.1) is 0 Å². The topological polar surface area (TPSA) is 61.5 Å². The van der Waals surface area contributed by atoms with E-state index in [1.165, 1.54) is 31.1 Å². The maximum Gasteiger partial charge on any atom is 0.322 e. The molecule has 104 valence electrons. The Morgan fingerprint density at radius 2 is 1.89 bits per heavy atom. The summed E-state index contributed by atoms with van der Waals surface area (Å²) < 4.78 is 10.1. The predicted molar refractivity (Wildman–Crippen MR) is 73.3 cm³/mol. The van der Waals surface area contributed by atoms with Gasteiger partial charge in [-0.05, 0) is 48.4 Å². The monoisotopic (exact) mass is 263 g/mol. The summed E-state index contributed by atoms with van der Waals surface area (Å²) in [5.41, 5.74) is 9.54. The zero-order chi connectivity index (χ0) is 13.8. The van der Waals surface area contributed by atoms with Crippen molar-refractivity contribution in [1.82, 2.24) is 0 Å². The number of fused-ring (bicyclic) bond motifs is 1. The first kappa shape index (κ1) is 13.9. The molecule has 1 aliphatic rings. The number of nitrogens with two attached hydrogens (primary N) is 1. The summed E-state index contributed by atoms with van der Waals surface area (Å²) in [5, 5.41) is 0. The number of aryl methyl sites for hydroxylation is 2. The van der Waals surface area contributed by atoms with E-state index in [0.29, 0.717) is 6.42 Å². The molecule has 2 N–H and O–H groups in total. The van der Waals surface area contributed by atoms with E-state index in [9.17, 15) is 4.79 Å². The molecule has 0 bridgehead atoms. The van der Waals surface area contributed by atoms with Crippen molar-refractivity contribution >= 4 is 5.97 Å². The molecule has 4 heteroatoms. The van der Waals surface area contributed by atoms with Crippen molar-refractivity contribution in [2.45, 2.75) is 38.1 Å². The molecular weight excluding hydrogens is 242 g/mol. The van der Waals surface area contributed by atoms with Crippen molar-refractivity contribution in [2.24, 2.45) is 5.73 Å². The molecule has 1 atom stereocenters. The van der Waals surface area contributed by atoms with Crippen LogP contribution in [0.25, 0.3) is 0 Å². The van der Waals surface area contributed by atoms with Gasteiger partial charge in [0.15, 0.2) is 0 Å². The van der Waals surface area contributed by atoms with Crippen LogP contribution in [0.3, 0.4) is 0 Å². The normalized spacial score (nSPS) is 15.5. The molecule has 1 unspecified atom stereocenters. The van der Waals surface area contributed by atoms with Gasteiger partial charge < -0.3 is 15.2 Å². The maximum atomic E-state index is 11.4. The number of carbonyl (C=O) groups excluding carboxylic acids is 1. The molecule has 0 radical (unpaired) electrons. The lowest BCUT2D eigenvalue weighted by molar-refractivity contribution is -0.142. The number of hydrogen-bond acceptors (Lipinski definition) is 4. The Kier molecular flexibility index (Phi) is 4.43. The molecule has 0 aromatic heterocycles. The lowest BCUT2D eigenvalue weighted by Gasteiger charge is -2.20. The van der Waals surface area contributed by atoms with Gasteiger partial charge in [-0.3, -0.25) is 4.79 Å². The van der Waals surface area contributed by atoms with Crippen molar-refractivity contribution in [1.29, 1.82) is 0 Å². The van der Waals surface area contributed by atoms with Gasteiger partial charge >= 0.3 is 5.97 Å². The first-order chi connectivity index (χ1) is 9.15. The molecule has 1 aliphatic carbocycles. The van der Waals surface area contributed by atoms with Crippen molar-refractivity contribution in [2.75, 3.05) is 14.2 Å². The zero-order valence-corrected chi connectivity index (χ0v) is 11.6. The average molecular weight is 263 g/mol. The third-order valence-electron chi connectivity index (χ3n) is 3.69. The van der Waals surface area contributed by atoms with Crippen molar-refractivity contribution < 1.29 is 14.3 Å². The van der Waals surface area contributed by atoms with Gasteiger partial charge in [0.1, 0.15) is 11.8 Å². The number of benzene rings is 1. The van der Waals surface area contributed by atoms with Crippen LogP contribution >= 0.6 is 0 Å². The Hall–Kier alpha value is -1.55. The minimum absolute atomic E-state index is 0.389. The summed E-state index contributed by atoms with van der Waals surface area (Å²) in [6.45, 7) is 0. The highest BCUT2D eigenvalue weighted by Crippen LogP contribution is 2.29. The van der Waals surface area contributed by atoms with E-state index in [-0.39, 0.29) is 5.97 Å². The van der Waals surface area contributed by atoms with Gasteiger partial charge in [-0.25, -0.2) is 0 Å². The highest BCUT2D eigenvalue weighted by molar-refractivity contribution is 5.75. The van der Waals surface area contributed by atoms with Crippen LogP contribution in [-0.4, -0.2) is 26.2 Å². The molecule has 0 saturated carbocycles.